The fraction of sp³-hybridized carbons (Fsp3) is 0.113. The molecule has 0 bridgehead atoms. The Balaban J connectivity index is 1.04. The van der Waals surface area contributed by atoms with Crippen LogP contribution in [0.5, 0.6) is 0 Å². The van der Waals surface area contributed by atoms with E-state index < -0.39 is 0 Å². The Morgan fingerprint density at radius 1 is 0.403 bits per heavy atom. The lowest BCUT2D eigenvalue weighted by atomic mass is 9.80. The van der Waals surface area contributed by atoms with Gasteiger partial charge in [-0.05, 0) is 92.4 Å². The van der Waals surface area contributed by atoms with Gasteiger partial charge in [-0.1, -0.05) is 191 Å². The van der Waals surface area contributed by atoms with E-state index in [1.807, 2.05) is 36.4 Å². The van der Waals surface area contributed by atoms with Crippen LogP contribution in [0.4, 0.5) is 0 Å². The molecule has 0 radical (unpaired) electrons. The Morgan fingerprint density at radius 2 is 0.985 bits per heavy atom. The lowest BCUT2D eigenvalue weighted by molar-refractivity contribution is 0.403. The summed E-state index contributed by atoms with van der Waals surface area (Å²) < 4.78 is 4.72. The van der Waals surface area contributed by atoms with E-state index in [0.29, 0.717) is 17.6 Å². The molecule has 0 spiro atoms. The summed E-state index contributed by atoms with van der Waals surface area (Å²) in [6, 6.07) is 72.1. The first-order valence-electron chi connectivity index (χ1n) is 23.3. The predicted octanol–water partition coefficient (Wildman–Crippen LogP) is 15.8. The van der Waals surface area contributed by atoms with Crippen LogP contribution < -0.4 is 0 Å². The molecule has 67 heavy (non-hydrogen) atoms. The summed E-state index contributed by atoms with van der Waals surface area (Å²) >= 11 is 0. The zero-order chi connectivity index (χ0) is 45.0. The molecule has 3 heterocycles. The second-order valence-electron chi connectivity index (χ2n) is 19.5. The number of fused-ring (bicyclic) bond motifs is 10. The van der Waals surface area contributed by atoms with Crippen molar-refractivity contribution >= 4 is 54.4 Å². The topological polar surface area (TPSA) is 48.5 Å². The van der Waals surface area contributed by atoms with Gasteiger partial charge in [-0.2, -0.15) is 9.97 Å². The van der Waals surface area contributed by atoms with Crippen LogP contribution in [0.15, 0.2) is 200 Å². The number of benzene rings is 9. The van der Waals surface area contributed by atoms with Crippen molar-refractivity contribution in [1.29, 1.82) is 0 Å². The molecule has 0 N–H and O–H groups in total. The van der Waals surface area contributed by atoms with E-state index in [4.69, 9.17) is 15.0 Å². The van der Waals surface area contributed by atoms with Gasteiger partial charge in [0.15, 0.2) is 11.6 Å². The summed E-state index contributed by atoms with van der Waals surface area (Å²) in [4.78, 5) is 15.7. The van der Waals surface area contributed by atoms with Crippen molar-refractivity contribution in [1.82, 2.24) is 24.1 Å². The van der Waals surface area contributed by atoms with Gasteiger partial charge in [0.25, 0.3) is 0 Å². The zero-order valence-corrected chi connectivity index (χ0v) is 38.0. The third kappa shape index (κ3) is 6.11. The molecule has 5 heteroatoms. The fourth-order valence-corrected chi connectivity index (χ4v) is 11.8. The van der Waals surface area contributed by atoms with Crippen molar-refractivity contribution in [2.24, 2.45) is 0 Å². The van der Waals surface area contributed by atoms with Gasteiger partial charge in [-0.15, -0.1) is 0 Å². The van der Waals surface area contributed by atoms with E-state index in [9.17, 15) is 0 Å². The minimum atomic E-state index is 0.0915. The van der Waals surface area contributed by atoms with Crippen LogP contribution in [0.25, 0.3) is 111 Å². The normalized spacial score (nSPS) is 14.1. The minimum Gasteiger partial charge on any atom is -0.309 e. The number of rotatable bonds is 6. The molecule has 12 aromatic rings. The Kier molecular flexibility index (Phi) is 8.60. The number of aromatic nitrogens is 5. The summed E-state index contributed by atoms with van der Waals surface area (Å²) in [6.07, 6.45) is 1.14. The number of hydrogen-bond acceptors (Lipinski definition) is 3. The van der Waals surface area contributed by atoms with Gasteiger partial charge in [0.2, 0.25) is 5.95 Å². The van der Waals surface area contributed by atoms with E-state index in [1.54, 1.807) is 0 Å². The second kappa shape index (κ2) is 14.7. The van der Waals surface area contributed by atoms with Crippen LogP contribution in [-0.2, 0) is 10.8 Å². The van der Waals surface area contributed by atoms with Gasteiger partial charge in [0.05, 0.1) is 22.1 Å². The van der Waals surface area contributed by atoms with Crippen LogP contribution >= 0.6 is 0 Å². The Hall–Kier alpha value is -8.15. The first kappa shape index (κ1) is 39.2. The molecule has 320 valence electrons. The minimum absolute atomic E-state index is 0.0915. The molecule has 0 saturated heterocycles. The summed E-state index contributed by atoms with van der Waals surface area (Å²) in [5, 5.41) is 7.00. The van der Waals surface area contributed by atoms with Gasteiger partial charge in [-0.3, -0.25) is 4.57 Å². The van der Waals surface area contributed by atoms with Crippen molar-refractivity contribution in [3.63, 3.8) is 0 Å². The highest BCUT2D eigenvalue weighted by Crippen LogP contribution is 2.53. The number of hydrogen-bond donors (Lipinski definition) is 0. The number of nitrogens with zero attached hydrogens (tertiary/aromatic N) is 5. The van der Waals surface area contributed by atoms with Crippen molar-refractivity contribution in [3.8, 4) is 56.7 Å². The SMILES string of the molecule is CC1(C)CC(C)(C)c2c(-c3cccc(-c4cccc(-n5c6ccccc6c6c7c8ccc9ccccc9c8n(-c8nc(-c9ccccc9)nc(-c9ccccc9)n8)c7ccc65)c4)c3)cccc21. The molecule has 0 amide bonds. The molecule has 0 aliphatic heterocycles. The van der Waals surface area contributed by atoms with Crippen molar-refractivity contribution < 1.29 is 0 Å². The van der Waals surface area contributed by atoms with E-state index in [0.717, 1.165) is 61.5 Å². The first-order valence-corrected chi connectivity index (χ1v) is 23.3. The lowest BCUT2D eigenvalue weighted by Gasteiger charge is -2.24. The number of para-hydroxylation sites is 1. The first-order chi connectivity index (χ1) is 32.7. The molecule has 1 aliphatic carbocycles. The molecule has 9 aromatic carbocycles. The van der Waals surface area contributed by atoms with E-state index in [1.165, 1.54) is 49.5 Å². The quantitative estimate of drug-likeness (QED) is 0.167. The third-order valence-corrected chi connectivity index (χ3v) is 14.3. The summed E-state index contributed by atoms with van der Waals surface area (Å²) in [7, 11) is 0. The van der Waals surface area contributed by atoms with Crippen molar-refractivity contribution in [2.45, 2.75) is 44.9 Å². The molecular formula is C62H47N5. The van der Waals surface area contributed by atoms with Gasteiger partial charge >= 0.3 is 0 Å². The average molecular weight is 862 g/mol. The second-order valence-corrected chi connectivity index (χ2v) is 19.5. The Labute approximate surface area is 389 Å². The molecule has 0 saturated carbocycles. The smallest absolute Gasteiger partial charge is 0.238 e. The van der Waals surface area contributed by atoms with E-state index in [2.05, 4.69) is 201 Å². The molecule has 0 unspecified atom stereocenters. The van der Waals surface area contributed by atoms with Gasteiger partial charge in [0, 0.05) is 43.7 Å². The standard InChI is InChI=1S/C62H47N5/c1-61(2)38-62(3,4)56-46(29-17-30-50(56)61)44-25-15-23-42(36-44)43-24-16-26-45(37-43)66-51-31-14-13-28-48(51)54-52(66)34-35-53-55(54)49-33-32-39-18-11-12-27-47(39)57(49)67(53)60-64-58(40-19-7-5-8-20-40)63-59(65-60)41-21-9-6-10-22-41/h5-37H,38H2,1-4H3. The lowest BCUT2D eigenvalue weighted by Crippen LogP contribution is -2.18. The fourth-order valence-electron chi connectivity index (χ4n) is 11.8. The maximum Gasteiger partial charge on any atom is 0.238 e. The maximum absolute atomic E-state index is 5.30. The third-order valence-electron chi connectivity index (χ3n) is 14.3. The summed E-state index contributed by atoms with van der Waals surface area (Å²) in [5.74, 6) is 1.83. The Bertz CT molecular complexity index is 3890. The van der Waals surface area contributed by atoms with Crippen LogP contribution in [-0.4, -0.2) is 24.1 Å². The van der Waals surface area contributed by atoms with Crippen LogP contribution in [0, 0.1) is 0 Å². The monoisotopic (exact) mass is 861 g/mol. The zero-order valence-electron chi connectivity index (χ0n) is 38.0. The predicted molar refractivity (Wildman–Crippen MR) is 278 cm³/mol. The molecular weight excluding hydrogens is 815 g/mol. The van der Waals surface area contributed by atoms with E-state index in [-0.39, 0.29) is 10.8 Å². The summed E-state index contributed by atoms with van der Waals surface area (Å²) in [5.41, 5.74) is 15.6. The molecule has 13 rings (SSSR count). The highest BCUT2D eigenvalue weighted by molar-refractivity contribution is 6.31. The van der Waals surface area contributed by atoms with Crippen molar-refractivity contribution in [2.75, 3.05) is 0 Å². The molecule has 0 atom stereocenters. The molecule has 0 fully saturated rings. The van der Waals surface area contributed by atoms with Crippen LogP contribution in [0.3, 0.4) is 0 Å². The van der Waals surface area contributed by atoms with Crippen molar-refractivity contribution in [3.05, 3.63) is 211 Å². The highest BCUT2D eigenvalue weighted by atomic mass is 15.2. The van der Waals surface area contributed by atoms with Gasteiger partial charge < -0.3 is 4.57 Å². The molecule has 5 nitrogen and oxygen atoms in total. The maximum atomic E-state index is 5.30. The average Bonchev–Trinajstić information content (AvgIpc) is 3.96. The van der Waals surface area contributed by atoms with Crippen LogP contribution in [0.1, 0.15) is 45.2 Å². The largest absolute Gasteiger partial charge is 0.309 e. The highest BCUT2D eigenvalue weighted by Gasteiger charge is 2.43. The van der Waals surface area contributed by atoms with E-state index >= 15 is 0 Å². The van der Waals surface area contributed by atoms with Crippen LogP contribution in [0.2, 0.25) is 0 Å². The molecule has 1 aliphatic rings. The Morgan fingerprint density at radius 3 is 1.73 bits per heavy atom. The van der Waals surface area contributed by atoms with Gasteiger partial charge in [0.1, 0.15) is 0 Å². The summed E-state index contributed by atoms with van der Waals surface area (Å²) in [6.45, 7) is 9.61. The molecule has 3 aromatic heterocycles. The van der Waals surface area contributed by atoms with Gasteiger partial charge in [-0.25, -0.2) is 4.98 Å².